The largest absolute Gasteiger partial charge is 0.378 e. The summed E-state index contributed by atoms with van der Waals surface area (Å²) in [5, 5.41) is 11.4. The number of hydrogen-bond acceptors (Lipinski definition) is 8. The van der Waals surface area contributed by atoms with Gasteiger partial charge in [-0.05, 0) is 43.3 Å². The third-order valence-electron chi connectivity index (χ3n) is 4.36. The van der Waals surface area contributed by atoms with E-state index in [1.807, 2.05) is 17.4 Å². The van der Waals surface area contributed by atoms with E-state index in [1.165, 1.54) is 24.1 Å². The summed E-state index contributed by atoms with van der Waals surface area (Å²) >= 11 is 1.34. The Balaban J connectivity index is 1.87. The number of nitrogens with one attached hydrogen (secondary N) is 2. The number of pyridine rings is 1. The van der Waals surface area contributed by atoms with Crippen molar-refractivity contribution in [3.05, 3.63) is 48.4 Å². The molecular formula is C21H28FN5O4S. The molecule has 0 aliphatic heterocycles. The first-order valence-electron chi connectivity index (χ1n) is 10.0. The van der Waals surface area contributed by atoms with Gasteiger partial charge < -0.3 is 15.0 Å². The van der Waals surface area contributed by atoms with Crippen molar-refractivity contribution >= 4 is 24.3 Å². The van der Waals surface area contributed by atoms with Crippen LogP contribution < -0.4 is 10.8 Å². The maximum absolute atomic E-state index is 13.4. The SMILES string of the molecule is CN(CCOCCNC=O)CCN(CC(=O)NO)Sc1ccc(-c2cccc(F)c2)nc1. The smallest absolute Gasteiger partial charge is 0.258 e. The Kier molecular flexibility index (Phi) is 11.6. The number of carbonyl (C=O) groups excluding carboxylic acids is 2. The predicted octanol–water partition coefficient (Wildman–Crippen LogP) is 1.40. The average molecular weight is 466 g/mol. The summed E-state index contributed by atoms with van der Waals surface area (Å²) in [6.45, 7) is 3.34. The first kappa shape index (κ1) is 25.7. The number of benzene rings is 1. The van der Waals surface area contributed by atoms with Gasteiger partial charge in [0, 0.05) is 42.8 Å². The standard InChI is InChI=1S/C21H28FN5O4S/c1-26(10-12-31-11-7-23-16-28)8-9-27(15-21(29)25-30)32-19-5-6-20(24-14-19)17-3-2-4-18(22)13-17/h2-6,13-14,16,30H,7-12,15H2,1H3,(H,23,28)(H,25,29). The zero-order valence-electron chi connectivity index (χ0n) is 17.9. The molecule has 0 atom stereocenters. The zero-order chi connectivity index (χ0) is 23.2. The molecule has 32 heavy (non-hydrogen) atoms. The van der Waals surface area contributed by atoms with Crippen LogP contribution in [0.3, 0.4) is 0 Å². The molecular weight excluding hydrogens is 437 g/mol. The maximum atomic E-state index is 13.4. The summed E-state index contributed by atoms with van der Waals surface area (Å²) in [5.41, 5.74) is 2.99. The fourth-order valence-corrected chi connectivity index (χ4v) is 3.54. The Hall–Kier alpha value is -2.57. The molecule has 2 amide bonds. The highest BCUT2D eigenvalue weighted by molar-refractivity contribution is 7.97. The number of halogens is 1. The van der Waals surface area contributed by atoms with Crippen LogP contribution >= 0.6 is 11.9 Å². The molecule has 9 nitrogen and oxygen atoms in total. The van der Waals surface area contributed by atoms with Crippen LogP contribution in [0.4, 0.5) is 4.39 Å². The number of rotatable bonds is 15. The zero-order valence-corrected chi connectivity index (χ0v) is 18.7. The average Bonchev–Trinajstić information content (AvgIpc) is 2.80. The summed E-state index contributed by atoms with van der Waals surface area (Å²) in [5.74, 6) is -0.841. The van der Waals surface area contributed by atoms with E-state index < -0.39 is 5.91 Å². The van der Waals surface area contributed by atoms with Gasteiger partial charge in [-0.25, -0.2) is 14.2 Å². The van der Waals surface area contributed by atoms with E-state index in [0.717, 1.165) is 4.90 Å². The predicted molar refractivity (Wildman–Crippen MR) is 119 cm³/mol. The van der Waals surface area contributed by atoms with Crippen LogP contribution in [0.1, 0.15) is 0 Å². The molecule has 0 bridgehead atoms. The number of hydroxylamine groups is 1. The quantitative estimate of drug-likeness (QED) is 0.119. The topological polar surface area (TPSA) is 107 Å². The van der Waals surface area contributed by atoms with Crippen LogP contribution in [-0.4, -0.2) is 84.7 Å². The van der Waals surface area contributed by atoms with Crippen LogP contribution in [0.25, 0.3) is 11.3 Å². The second-order valence-electron chi connectivity index (χ2n) is 6.87. The molecule has 0 spiro atoms. The molecule has 11 heteroatoms. The normalized spacial score (nSPS) is 11.0. The van der Waals surface area contributed by atoms with Crippen molar-refractivity contribution in [2.45, 2.75) is 4.90 Å². The van der Waals surface area contributed by atoms with Gasteiger partial charge in [-0.1, -0.05) is 12.1 Å². The van der Waals surface area contributed by atoms with E-state index in [1.54, 1.807) is 29.9 Å². The molecule has 0 aliphatic carbocycles. The van der Waals surface area contributed by atoms with Crippen molar-refractivity contribution in [1.29, 1.82) is 0 Å². The lowest BCUT2D eigenvalue weighted by Crippen LogP contribution is -2.37. The molecule has 1 aromatic heterocycles. The fourth-order valence-electron chi connectivity index (χ4n) is 2.66. The van der Waals surface area contributed by atoms with Crippen molar-refractivity contribution < 1.29 is 23.9 Å². The molecule has 3 N–H and O–H groups in total. The minimum Gasteiger partial charge on any atom is -0.378 e. The summed E-state index contributed by atoms with van der Waals surface area (Å²) < 4.78 is 20.7. The van der Waals surface area contributed by atoms with Crippen LogP contribution in [0.15, 0.2) is 47.5 Å². The number of nitrogens with zero attached hydrogens (tertiary/aromatic N) is 3. The minimum absolute atomic E-state index is 0.00544. The highest BCUT2D eigenvalue weighted by atomic mass is 32.2. The molecule has 0 aliphatic rings. The Morgan fingerprint density at radius 1 is 1.25 bits per heavy atom. The second-order valence-corrected chi connectivity index (χ2v) is 8.04. The third-order valence-corrected chi connectivity index (χ3v) is 5.38. The lowest BCUT2D eigenvalue weighted by atomic mass is 10.1. The van der Waals surface area contributed by atoms with Crippen LogP contribution in [0.5, 0.6) is 0 Å². The maximum Gasteiger partial charge on any atom is 0.258 e. The van der Waals surface area contributed by atoms with Crippen molar-refractivity contribution in [3.8, 4) is 11.3 Å². The number of amides is 2. The monoisotopic (exact) mass is 465 g/mol. The Morgan fingerprint density at radius 3 is 2.78 bits per heavy atom. The minimum atomic E-state index is -0.518. The molecule has 0 radical (unpaired) electrons. The van der Waals surface area contributed by atoms with Crippen molar-refractivity contribution in [2.75, 3.05) is 53.0 Å². The van der Waals surface area contributed by atoms with Crippen LogP contribution in [0, 0.1) is 5.82 Å². The highest BCUT2D eigenvalue weighted by Crippen LogP contribution is 2.24. The molecule has 2 rings (SSSR count). The lowest BCUT2D eigenvalue weighted by Gasteiger charge is -2.23. The van der Waals surface area contributed by atoms with Crippen LogP contribution in [0.2, 0.25) is 0 Å². The van der Waals surface area contributed by atoms with Gasteiger partial charge in [0.15, 0.2) is 0 Å². The van der Waals surface area contributed by atoms with Gasteiger partial charge in [-0.15, -0.1) is 0 Å². The highest BCUT2D eigenvalue weighted by Gasteiger charge is 2.14. The summed E-state index contributed by atoms with van der Waals surface area (Å²) in [6.07, 6.45) is 2.30. The van der Waals surface area contributed by atoms with E-state index in [-0.39, 0.29) is 12.4 Å². The summed E-state index contributed by atoms with van der Waals surface area (Å²) in [7, 11) is 1.94. The van der Waals surface area contributed by atoms with Crippen molar-refractivity contribution in [2.24, 2.45) is 0 Å². The summed E-state index contributed by atoms with van der Waals surface area (Å²) in [4.78, 5) is 29.1. The van der Waals surface area contributed by atoms with Gasteiger partial charge in [-0.2, -0.15) is 0 Å². The number of aromatic nitrogens is 1. The molecule has 0 fully saturated rings. The van der Waals surface area contributed by atoms with Gasteiger partial charge >= 0.3 is 0 Å². The van der Waals surface area contributed by atoms with E-state index in [2.05, 4.69) is 15.2 Å². The van der Waals surface area contributed by atoms with Gasteiger partial charge in [0.05, 0.1) is 25.5 Å². The van der Waals surface area contributed by atoms with Crippen molar-refractivity contribution in [1.82, 2.24) is 25.0 Å². The van der Waals surface area contributed by atoms with Crippen molar-refractivity contribution in [3.63, 3.8) is 0 Å². The first-order chi connectivity index (χ1) is 15.5. The number of likely N-dealkylation sites (N-methyl/N-ethyl adjacent to an activating group) is 1. The molecule has 0 saturated heterocycles. The molecule has 174 valence electrons. The third kappa shape index (κ3) is 9.71. The van der Waals surface area contributed by atoms with E-state index in [0.29, 0.717) is 57.1 Å². The Morgan fingerprint density at radius 2 is 2.09 bits per heavy atom. The molecule has 0 saturated carbocycles. The van der Waals surface area contributed by atoms with E-state index in [4.69, 9.17) is 9.94 Å². The van der Waals surface area contributed by atoms with Gasteiger partial charge in [0.1, 0.15) is 5.82 Å². The van der Waals surface area contributed by atoms with E-state index in [9.17, 15) is 14.0 Å². The number of ether oxygens (including phenoxy) is 1. The fraction of sp³-hybridized carbons (Fsp3) is 0.381. The first-order valence-corrected chi connectivity index (χ1v) is 10.8. The lowest BCUT2D eigenvalue weighted by molar-refractivity contribution is -0.129. The van der Waals surface area contributed by atoms with Gasteiger partial charge in [-0.3, -0.25) is 19.8 Å². The number of hydrogen-bond donors (Lipinski definition) is 3. The number of carbonyl (C=O) groups is 2. The van der Waals surface area contributed by atoms with Gasteiger partial charge in [0.25, 0.3) is 5.91 Å². The van der Waals surface area contributed by atoms with Gasteiger partial charge in [0.2, 0.25) is 6.41 Å². The Bertz CT molecular complexity index is 843. The molecule has 1 heterocycles. The molecule has 0 unspecified atom stereocenters. The van der Waals surface area contributed by atoms with E-state index >= 15 is 0 Å². The molecule has 2 aromatic rings. The second kappa shape index (κ2) is 14.5. The molecule has 1 aromatic carbocycles. The summed E-state index contributed by atoms with van der Waals surface area (Å²) in [6, 6.07) is 9.87. The van der Waals surface area contributed by atoms with Crippen LogP contribution in [-0.2, 0) is 14.3 Å². The Labute approximate surface area is 191 Å².